The molecule has 1 heterocycles. The second kappa shape index (κ2) is 8.97. The van der Waals surface area contributed by atoms with E-state index in [1.54, 1.807) is 0 Å². The SMILES string of the molecule is CCCCOCC1CCC(CNCCC)O1. The third kappa shape index (κ3) is 5.83. The fraction of sp³-hybridized carbons (Fsp3) is 1.00. The third-order valence-corrected chi connectivity index (χ3v) is 2.94. The Morgan fingerprint density at radius 2 is 2.00 bits per heavy atom. The Bertz CT molecular complexity index is 164. The van der Waals surface area contributed by atoms with Gasteiger partial charge in [0.25, 0.3) is 0 Å². The Hall–Kier alpha value is -0.120. The van der Waals surface area contributed by atoms with Crippen LogP contribution in [0.3, 0.4) is 0 Å². The molecule has 0 aliphatic carbocycles. The number of unbranched alkanes of at least 4 members (excludes halogenated alkanes) is 1. The summed E-state index contributed by atoms with van der Waals surface area (Å²) in [6, 6.07) is 0. The maximum absolute atomic E-state index is 5.90. The zero-order valence-electron chi connectivity index (χ0n) is 10.8. The van der Waals surface area contributed by atoms with E-state index in [2.05, 4.69) is 19.2 Å². The van der Waals surface area contributed by atoms with Gasteiger partial charge < -0.3 is 14.8 Å². The first-order valence-corrected chi connectivity index (χ1v) is 6.80. The average Bonchev–Trinajstić information content (AvgIpc) is 2.73. The smallest absolute Gasteiger partial charge is 0.0813 e. The van der Waals surface area contributed by atoms with Gasteiger partial charge in [-0.05, 0) is 32.2 Å². The number of rotatable bonds is 9. The molecule has 2 unspecified atom stereocenters. The lowest BCUT2D eigenvalue weighted by molar-refractivity contribution is -0.0147. The monoisotopic (exact) mass is 229 g/mol. The van der Waals surface area contributed by atoms with E-state index in [4.69, 9.17) is 9.47 Å². The van der Waals surface area contributed by atoms with Crippen molar-refractivity contribution in [2.24, 2.45) is 0 Å². The number of nitrogens with one attached hydrogen (secondary N) is 1. The molecule has 0 aromatic heterocycles. The highest BCUT2D eigenvalue weighted by Crippen LogP contribution is 2.19. The van der Waals surface area contributed by atoms with Gasteiger partial charge in [0.15, 0.2) is 0 Å². The highest BCUT2D eigenvalue weighted by molar-refractivity contribution is 4.75. The lowest BCUT2D eigenvalue weighted by Gasteiger charge is -2.14. The molecule has 1 fully saturated rings. The molecule has 1 aliphatic rings. The van der Waals surface area contributed by atoms with E-state index in [0.29, 0.717) is 12.2 Å². The molecular weight excluding hydrogens is 202 g/mol. The summed E-state index contributed by atoms with van der Waals surface area (Å²) in [5.41, 5.74) is 0. The van der Waals surface area contributed by atoms with Crippen LogP contribution in [0.4, 0.5) is 0 Å². The Morgan fingerprint density at radius 1 is 1.19 bits per heavy atom. The van der Waals surface area contributed by atoms with Gasteiger partial charge in [-0.15, -0.1) is 0 Å². The third-order valence-electron chi connectivity index (χ3n) is 2.94. The Kier molecular flexibility index (Phi) is 7.81. The number of ether oxygens (including phenoxy) is 2. The molecule has 1 N–H and O–H groups in total. The van der Waals surface area contributed by atoms with Crippen LogP contribution in [0.1, 0.15) is 46.0 Å². The molecule has 2 atom stereocenters. The minimum atomic E-state index is 0.338. The largest absolute Gasteiger partial charge is 0.379 e. The van der Waals surface area contributed by atoms with Crippen LogP contribution in [0.2, 0.25) is 0 Å². The minimum Gasteiger partial charge on any atom is -0.379 e. The predicted octanol–water partition coefficient (Wildman–Crippen LogP) is 2.35. The van der Waals surface area contributed by atoms with Crippen LogP contribution in [-0.2, 0) is 9.47 Å². The highest BCUT2D eigenvalue weighted by Gasteiger charge is 2.24. The number of hydrogen-bond acceptors (Lipinski definition) is 3. The van der Waals surface area contributed by atoms with Crippen LogP contribution in [0.25, 0.3) is 0 Å². The minimum absolute atomic E-state index is 0.338. The van der Waals surface area contributed by atoms with E-state index in [1.165, 1.54) is 19.3 Å². The van der Waals surface area contributed by atoms with Crippen molar-refractivity contribution in [3.8, 4) is 0 Å². The first kappa shape index (κ1) is 13.9. The molecule has 0 saturated carbocycles. The first-order chi connectivity index (χ1) is 7.86. The molecule has 0 radical (unpaired) electrons. The fourth-order valence-corrected chi connectivity index (χ4v) is 1.95. The van der Waals surface area contributed by atoms with Crippen LogP contribution >= 0.6 is 0 Å². The summed E-state index contributed by atoms with van der Waals surface area (Å²) in [6.07, 6.45) is 6.64. The fourth-order valence-electron chi connectivity index (χ4n) is 1.95. The lowest BCUT2D eigenvalue weighted by Crippen LogP contribution is -2.28. The lowest BCUT2D eigenvalue weighted by atomic mass is 10.2. The van der Waals surface area contributed by atoms with Gasteiger partial charge in [-0.3, -0.25) is 0 Å². The van der Waals surface area contributed by atoms with Crippen LogP contribution in [-0.4, -0.2) is 38.5 Å². The zero-order valence-corrected chi connectivity index (χ0v) is 10.8. The topological polar surface area (TPSA) is 30.5 Å². The molecule has 3 heteroatoms. The summed E-state index contributed by atoms with van der Waals surface area (Å²) in [4.78, 5) is 0. The van der Waals surface area contributed by atoms with Gasteiger partial charge in [-0.2, -0.15) is 0 Å². The molecule has 16 heavy (non-hydrogen) atoms. The second-order valence-electron chi connectivity index (χ2n) is 4.59. The standard InChI is InChI=1S/C13H27NO2/c1-3-5-9-15-11-13-7-6-12(16-13)10-14-8-4-2/h12-14H,3-11H2,1-2H3. The van der Waals surface area contributed by atoms with E-state index in [-0.39, 0.29) is 0 Å². The summed E-state index contributed by atoms with van der Waals surface area (Å²) in [7, 11) is 0. The van der Waals surface area contributed by atoms with Crippen molar-refractivity contribution in [1.82, 2.24) is 5.32 Å². The molecular formula is C13H27NO2. The van der Waals surface area contributed by atoms with Gasteiger partial charge in [-0.1, -0.05) is 20.3 Å². The Morgan fingerprint density at radius 3 is 2.75 bits per heavy atom. The summed E-state index contributed by atoms with van der Waals surface area (Å²) >= 11 is 0. The second-order valence-corrected chi connectivity index (χ2v) is 4.59. The van der Waals surface area contributed by atoms with Gasteiger partial charge in [0, 0.05) is 13.2 Å². The average molecular weight is 229 g/mol. The van der Waals surface area contributed by atoms with Gasteiger partial charge in [0.05, 0.1) is 18.8 Å². The van der Waals surface area contributed by atoms with E-state index in [9.17, 15) is 0 Å². The summed E-state index contributed by atoms with van der Waals surface area (Å²) < 4.78 is 11.5. The Balaban J connectivity index is 1.97. The van der Waals surface area contributed by atoms with Crippen molar-refractivity contribution in [2.45, 2.75) is 58.2 Å². The molecule has 3 nitrogen and oxygen atoms in total. The molecule has 0 amide bonds. The summed E-state index contributed by atoms with van der Waals surface area (Å²) in [5.74, 6) is 0. The van der Waals surface area contributed by atoms with E-state index >= 15 is 0 Å². The summed E-state index contributed by atoms with van der Waals surface area (Å²) in [5, 5.41) is 3.41. The molecule has 0 bridgehead atoms. The van der Waals surface area contributed by atoms with Crippen molar-refractivity contribution in [2.75, 3.05) is 26.3 Å². The van der Waals surface area contributed by atoms with Crippen molar-refractivity contribution in [3.05, 3.63) is 0 Å². The maximum Gasteiger partial charge on any atom is 0.0813 e. The maximum atomic E-state index is 5.90. The molecule has 96 valence electrons. The zero-order chi connectivity index (χ0) is 11.6. The molecule has 1 saturated heterocycles. The van der Waals surface area contributed by atoms with Crippen LogP contribution < -0.4 is 5.32 Å². The first-order valence-electron chi connectivity index (χ1n) is 6.80. The van der Waals surface area contributed by atoms with Crippen molar-refractivity contribution < 1.29 is 9.47 Å². The quantitative estimate of drug-likeness (QED) is 0.616. The molecule has 0 aromatic carbocycles. The predicted molar refractivity (Wildman–Crippen MR) is 66.8 cm³/mol. The Labute approximate surface area is 99.9 Å². The molecule has 0 aromatic rings. The summed E-state index contributed by atoms with van der Waals surface area (Å²) in [6.45, 7) is 8.13. The van der Waals surface area contributed by atoms with Gasteiger partial charge in [0.1, 0.15) is 0 Å². The van der Waals surface area contributed by atoms with Gasteiger partial charge in [0.2, 0.25) is 0 Å². The molecule has 0 spiro atoms. The number of hydrogen-bond donors (Lipinski definition) is 1. The van der Waals surface area contributed by atoms with Crippen LogP contribution in [0.15, 0.2) is 0 Å². The van der Waals surface area contributed by atoms with Crippen molar-refractivity contribution in [1.29, 1.82) is 0 Å². The normalized spacial score (nSPS) is 25.1. The molecule has 1 aliphatic heterocycles. The molecule has 1 rings (SSSR count). The van der Waals surface area contributed by atoms with Crippen molar-refractivity contribution >= 4 is 0 Å². The van der Waals surface area contributed by atoms with Crippen LogP contribution in [0, 0.1) is 0 Å². The highest BCUT2D eigenvalue weighted by atomic mass is 16.5. The van der Waals surface area contributed by atoms with E-state index in [0.717, 1.165) is 39.1 Å². The van der Waals surface area contributed by atoms with Gasteiger partial charge in [-0.25, -0.2) is 0 Å². The van der Waals surface area contributed by atoms with Crippen LogP contribution in [0.5, 0.6) is 0 Å². The van der Waals surface area contributed by atoms with E-state index < -0.39 is 0 Å². The van der Waals surface area contributed by atoms with Gasteiger partial charge >= 0.3 is 0 Å². The van der Waals surface area contributed by atoms with Crippen molar-refractivity contribution in [3.63, 3.8) is 0 Å². The van der Waals surface area contributed by atoms with E-state index in [1.807, 2.05) is 0 Å².